The van der Waals surface area contributed by atoms with Crippen LogP contribution in [0.5, 0.6) is 0 Å². The second kappa shape index (κ2) is 7.04. The highest BCUT2D eigenvalue weighted by Gasteiger charge is 1.96. The summed E-state index contributed by atoms with van der Waals surface area (Å²) in [5, 5.41) is 5.36. The number of aromatic nitrogens is 2. The van der Waals surface area contributed by atoms with Gasteiger partial charge < -0.3 is 0 Å². The van der Waals surface area contributed by atoms with Gasteiger partial charge in [0, 0.05) is 12.4 Å². The molecule has 0 fully saturated rings. The van der Waals surface area contributed by atoms with E-state index in [0.29, 0.717) is 0 Å². The molecule has 0 unspecified atom stereocenters. The van der Waals surface area contributed by atoms with Gasteiger partial charge in [-0.05, 0) is 18.6 Å². The van der Waals surface area contributed by atoms with E-state index in [1.165, 1.54) is 16.5 Å². The van der Waals surface area contributed by atoms with E-state index in [2.05, 4.69) is 30.2 Å². The van der Waals surface area contributed by atoms with E-state index < -0.39 is 0 Å². The molecule has 0 aliphatic heterocycles. The molecule has 1 aromatic carbocycles. The molecule has 2 nitrogen and oxygen atoms in total. The van der Waals surface area contributed by atoms with Crippen molar-refractivity contribution in [3.8, 4) is 0 Å². The summed E-state index contributed by atoms with van der Waals surface area (Å²) in [7, 11) is 1.96. The Kier molecular flexibility index (Phi) is 6.43. The zero-order valence-corrected chi connectivity index (χ0v) is 10.7. The van der Waals surface area contributed by atoms with E-state index in [1.54, 1.807) is 0 Å². The van der Waals surface area contributed by atoms with Crippen molar-refractivity contribution in [2.75, 3.05) is 0 Å². The van der Waals surface area contributed by atoms with Gasteiger partial charge in [-0.1, -0.05) is 39.8 Å². The maximum Gasteiger partial charge on any atom is 0.0681 e. The van der Waals surface area contributed by atoms with Gasteiger partial charge in [0.15, 0.2) is 0 Å². The summed E-state index contributed by atoms with van der Waals surface area (Å²) in [6.07, 6.45) is 1.88. The zero-order valence-electron chi connectivity index (χ0n) is 10.7. The first-order chi connectivity index (χ1) is 7.27. The molecule has 0 radical (unpaired) electrons. The second-order valence-electron chi connectivity index (χ2n) is 2.83. The summed E-state index contributed by atoms with van der Waals surface area (Å²) >= 11 is 0. The van der Waals surface area contributed by atoms with E-state index in [1.807, 2.05) is 45.6 Å². The Bertz CT molecular complexity index is 388. The Balaban J connectivity index is 0.000000442. The van der Waals surface area contributed by atoms with E-state index >= 15 is 0 Å². The highest BCUT2D eigenvalue weighted by atomic mass is 15.2. The fourth-order valence-electron chi connectivity index (χ4n) is 1.25. The van der Waals surface area contributed by atoms with Crippen molar-refractivity contribution in [2.45, 2.75) is 34.6 Å². The number of nitrogens with zero attached hydrogens (tertiary/aromatic N) is 2. The molecule has 0 bridgehead atoms. The first kappa shape index (κ1) is 13.7. The number of fused-ring (bicyclic) bond motifs is 1. The third-order valence-electron chi connectivity index (χ3n) is 1.90. The molecular weight excluding hydrogens is 184 g/mol. The lowest BCUT2D eigenvalue weighted by atomic mass is 10.2. The van der Waals surface area contributed by atoms with Gasteiger partial charge in [0.1, 0.15) is 0 Å². The van der Waals surface area contributed by atoms with Gasteiger partial charge in [-0.2, -0.15) is 5.10 Å². The maximum absolute atomic E-state index is 4.15. The van der Waals surface area contributed by atoms with Crippen molar-refractivity contribution in [3.05, 3.63) is 30.0 Å². The predicted molar refractivity (Wildman–Crippen MR) is 68.1 cm³/mol. The Morgan fingerprint density at radius 1 is 1.07 bits per heavy atom. The fraction of sp³-hybridized carbons (Fsp3) is 0.462. The van der Waals surface area contributed by atoms with Crippen molar-refractivity contribution in [1.82, 2.24) is 9.78 Å². The average Bonchev–Trinajstić information content (AvgIpc) is 2.66. The topological polar surface area (TPSA) is 17.8 Å². The Labute approximate surface area is 92.9 Å². The van der Waals surface area contributed by atoms with Crippen LogP contribution in [-0.4, -0.2) is 9.78 Å². The van der Waals surface area contributed by atoms with Crippen LogP contribution in [0.3, 0.4) is 0 Å². The Morgan fingerprint density at radius 2 is 1.67 bits per heavy atom. The third-order valence-corrected chi connectivity index (χ3v) is 1.90. The van der Waals surface area contributed by atoms with Crippen molar-refractivity contribution >= 4 is 10.9 Å². The molecule has 0 saturated heterocycles. The molecule has 84 valence electrons. The van der Waals surface area contributed by atoms with Crippen LogP contribution in [0.25, 0.3) is 10.9 Å². The van der Waals surface area contributed by atoms with Gasteiger partial charge in [-0.3, -0.25) is 4.68 Å². The highest BCUT2D eigenvalue weighted by molar-refractivity contribution is 5.79. The van der Waals surface area contributed by atoms with Crippen LogP contribution < -0.4 is 0 Å². The number of benzene rings is 1. The molecule has 0 aliphatic rings. The summed E-state index contributed by atoms with van der Waals surface area (Å²) in [5.74, 6) is 0. The van der Waals surface area contributed by atoms with Gasteiger partial charge in [-0.25, -0.2) is 0 Å². The van der Waals surface area contributed by atoms with Crippen LogP contribution >= 0.6 is 0 Å². The minimum absolute atomic E-state index is 1.20. The standard InChI is InChI=1S/C9H10N2.2C2H6/c1-7-3-4-8-6-10-11(2)9(8)5-7;2*1-2/h3-6H,1-2H3;2*1-2H3. The largest absolute Gasteiger partial charge is 0.268 e. The van der Waals surface area contributed by atoms with Gasteiger partial charge in [0.2, 0.25) is 0 Å². The molecule has 0 saturated carbocycles. The molecular formula is C13H22N2. The molecule has 0 spiro atoms. The Morgan fingerprint density at radius 3 is 2.27 bits per heavy atom. The molecule has 0 atom stereocenters. The maximum atomic E-state index is 4.15. The third kappa shape index (κ3) is 3.39. The van der Waals surface area contributed by atoms with E-state index in [9.17, 15) is 0 Å². The Hall–Kier alpha value is -1.31. The first-order valence-electron chi connectivity index (χ1n) is 5.66. The highest BCUT2D eigenvalue weighted by Crippen LogP contribution is 2.13. The molecule has 0 aliphatic carbocycles. The van der Waals surface area contributed by atoms with E-state index in [4.69, 9.17) is 0 Å². The lowest BCUT2D eigenvalue weighted by molar-refractivity contribution is 0.796. The number of rotatable bonds is 0. The molecule has 0 N–H and O–H groups in total. The number of hydrogen-bond donors (Lipinski definition) is 0. The van der Waals surface area contributed by atoms with Gasteiger partial charge in [-0.15, -0.1) is 0 Å². The number of hydrogen-bond acceptors (Lipinski definition) is 1. The SMILES string of the molecule is CC.CC.Cc1ccc2cnn(C)c2c1. The van der Waals surface area contributed by atoms with Crippen LogP contribution in [0.1, 0.15) is 33.3 Å². The van der Waals surface area contributed by atoms with Crippen LogP contribution in [0.15, 0.2) is 24.4 Å². The minimum atomic E-state index is 1.20. The smallest absolute Gasteiger partial charge is 0.0681 e. The van der Waals surface area contributed by atoms with Crippen LogP contribution in [0.2, 0.25) is 0 Å². The molecule has 2 aromatic rings. The lowest BCUT2D eigenvalue weighted by Gasteiger charge is -1.94. The molecule has 1 heterocycles. The van der Waals surface area contributed by atoms with Crippen molar-refractivity contribution in [2.24, 2.45) is 7.05 Å². The quantitative estimate of drug-likeness (QED) is 0.638. The minimum Gasteiger partial charge on any atom is -0.268 e. The molecule has 15 heavy (non-hydrogen) atoms. The lowest BCUT2D eigenvalue weighted by Crippen LogP contribution is -1.88. The van der Waals surface area contributed by atoms with E-state index in [0.717, 1.165) is 0 Å². The van der Waals surface area contributed by atoms with Gasteiger partial charge >= 0.3 is 0 Å². The predicted octanol–water partition coefficient (Wildman–Crippen LogP) is 3.93. The van der Waals surface area contributed by atoms with Gasteiger partial charge in [0.05, 0.1) is 11.7 Å². The summed E-state index contributed by atoms with van der Waals surface area (Å²) in [6, 6.07) is 6.34. The first-order valence-corrected chi connectivity index (χ1v) is 5.66. The zero-order chi connectivity index (χ0) is 11.8. The molecule has 2 heteroatoms. The summed E-state index contributed by atoms with van der Waals surface area (Å²) in [4.78, 5) is 0. The summed E-state index contributed by atoms with van der Waals surface area (Å²) in [5.41, 5.74) is 2.48. The second-order valence-corrected chi connectivity index (χ2v) is 2.83. The summed E-state index contributed by atoms with van der Waals surface area (Å²) < 4.78 is 1.89. The van der Waals surface area contributed by atoms with Crippen LogP contribution in [-0.2, 0) is 7.05 Å². The van der Waals surface area contributed by atoms with E-state index in [-0.39, 0.29) is 0 Å². The average molecular weight is 206 g/mol. The van der Waals surface area contributed by atoms with Crippen LogP contribution in [0.4, 0.5) is 0 Å². The molecule has 2 rings (SSSR count). The van der Waals surface area contributed by atoms with Crippen LogP contribution in [0, 0.1) is 6.92 Å². The van der Waals surface area contributed by atoms with Crippen molar-refractivity contribution < 1.29 is 0 Å². The molecule has 0 amide bonds. The molecule has 1 aromatic heterocycles. The van der Waals surface area contributed by atoms with Crippen molar-refractivity contribution in [3.63, 3.8) is 0 Å². The normalized spacial score (nSPS) is 8.67. The monoisotopic (exact) mass is 206 g/mol. The van der Waals surface area contributed by atoms with Gasteiger partial charge in [0.25, 0.3) is 0 Å². The fourth-order valence-corrected chi connectivity index (χ4v) is 1.25. The van der Waals surface area contributed by atoms with Crippen molar-refractivity contribution in [1.29, 1.82) is 0 Å². The summed E-state index contributed by atoms with van der Waals surface area (Å²) in [6.45, 7) is 10.1. The number of aryl methyl sites for hydroxylation is 2.